The Balaban J connectivity index is 1.42. The maximum absolute atomic E-state index is 11.7. The van der Waals surface area contributed by atoms with Gasteiger partial charge in [-0.15, -0.1) is 0 Å². The lowest BCUT2D eigenvalue weighted by Gasteiger charge is -2.36. The fraction of sp³-hybridized carbons (Fsp3) is 0.579. The van der Waals surface area contributed by atoms with Crippen LogP contribution in [0.15, 0.2) is 17.2 Å². The predicted octanol–water partition coefficient (Wildman–Crippen LogP) is 2.50. The zero-order valence-electron chi connectivity index (χ0n) is 15.4. The van der Waals surface area contributed by atoms with Crippen molar-refractivity contribution in [3.8, 4) is 0 Å². The van der Waals surface area contributed by atoms with Crippen LogP contribution in [0.3, 0.4) is 0 Å². The lowest BCUT2D eigenvalue weighted by Crippen LogP contribution is -2.43. The van der Waals surface area contributed by atoms with Crippen molar-refractivity contribution >= 4 is 34.9 Å². The maximum Gasteiger partial charge on any atom is 0.290 e. The second-order valence-electron chi connectivity index (χ2n) is 7.45. The number of amides is 2. The molecule has 1 unspecified atom stereocenters. The minimum atomic E-state index is -0.357. The van der Waals surface area contributed by atoms with Gasteiger partial charge in [-0.2, -0.15) is 0 Å². The number of aromatic nitrogens is 2. The Morgan fingerprint density at radius 1 is 1.19 bits per heavy atom. The van der Waals surface area contributed by atoms with E-state index < -0.39 is 0 Å². The summed E-state index contributed by atoms with van der Waals surface area (Å²) in [4.78, 5) is 37.4. The molecule has 0 aliphatic carbocycles. The van der Waals surface area contributed by atoms with Crippen LogP contribution < -0.4 is 10.2 Å². The highest BCUT2D eigenvalue weighted by molar-refractivity contribution is 8.18. The van der Waals surface area contributed by atoms with Crippen LogP contribution >= 0.6 is 11.8 Å². The van der Waals surface area contributed by atoms with Crippen molar-refractivity contribution in [2.45, 2.75) is 32.1 Å². The molecular formula is C19H25N5O2S. The quantitative estimate of drug-likeness (QED) is 0.795. The highest BCUT2D eigenvalue weighted by Gasteiger charge is 2.26. The number of rotatable bonds is 4. The summed E-state index contributed by atoms with van der Waals surface area (Å²) in [5.41, 5.74) is 0.658. The molecule has 3 fully saturated rings. The Labute approximate surface area is 163 Å². The van der Waals surface area contributed by atoms with Gasteiger partial charge in [-0.05, 0) is 68.6 Å². The van der Waals surface area contributed by atoms with Gasteiger partial charge < -0.3 is 9.80 Å². The smallest absolute Gasteiger partial charge is 0.290 e. The van der Waals surface area contributed by atoms with E-state index in [1.54, 1.807) is 18.3 Å². The predicted molar refractivity (Wildman–Crippen MR) is 106 cm³/mol. The molecule has 1 atom stereocenters. The number of carbonyl (C=O) groups is 2. The van der Waals surface area contributed by atoms with Crippen molar-refractivity contribution in [1.82, 2.24) is 20.2 Å². The number of piperidine rings is 2. The van der Waals surface area contributed by atoms with Crippen molar-refractivity contribution in [3.05, 3.63) is 22.9 Å². The van der Waals surface area contributed by atoms with E-state index in [9.17, 15) is 9.59 Å². The van der Waals surface area contributed by atoms with Crippen LogP contribution in [0.1, 0.15) is 37.8 Å². The average Bonchev–Trinajstić information content (AvgIpc) is 3.00. The molecular weight excluding hydrogens is 362 g/mol. The number of thioether (sulfide) groups is 1. The molecule has 1 aromatic heterocycles. The minimum absolute atomic E-state index is 0.336. The van der Waals surface area contributed by atoms with E-state index in [0.29, 0.717) is 22.5 Å². The lowest BCUT2D eigenvalue weighted by atomic mass is 9.96. The fourth-order valence-corrected chi connectivity index (χ4v) is 4.72. The topological polar surface area (TPSA) is 78.4 Å². The van der Waals surface area contributed by atoms with Crippen molar-refractivity contribution in [1.29, 1.82) is 0 Å². The van der Waals surface area contributed by atoms with Gasteiger partial charge in [0.15, 0.2) is 0 Å². The summed E-state index contributed by atoms with van der Waals surface area (Å²) in [6.07, 6.45) is 9.81. The molecule has 0 saturated carbocycles. The van der Waals surface area contributed by atoms with Crippen LogP contribution in [0, 0.1) is 5.92 Å². The number of anilines is 1. The highest BCUT2D eigenvalue weighted by atomic mass is 32.2. The third-order valence-corrected chi connectivity index (χ3v) is 6.16. The molecule has 4 rings (SSSR count). The number of carbonyl (C=O) groups excluding carboxylic acids is 2. The summed E-state index contributed by atoms with van der Waals surface area (Å²) in [7, 11) is 0. The Bertz CT molecular complexity index is 747. The lowest BCUT2D eigenvalue weighted by molar-refractivity contribution is -0.115. The molecule has 1 N–H and O–H groups in total. The molecule has 3 aliphatic rings. The van der Waals surface area contributed by atoms with Crippen LogP contribution in [0.4, 0.5) is 10.7 Å². The summed E-state index contributed by atoms with van der Waals surface area (Å²) < 4.78 is 0. The number of nitrogens with one attached hydrogen (secondary N) is 1. The van der Waals surface area contributed by atoms with E-state index in [2.05, 4.69) is 25.1 Å². The fourth-order valence-electron chi connectivity index (χ4n) is 4.05. The molecule has 144 valence electrons. The van der Waals surface area contributed by atoms with Crippen LogP contribution in [0.25, 0.3) is 6.08 Å². The van der Waals surface area contributed by atoms with Gasteiger partial charge in [-0.1, -0.05) is 6.42 Å². The molecule has 8 heteroatoms. The molecule has 27 heavy (non-hydrogen) atoms. The van der Waals surface area contributed by atoms with Gasteiger partial charge >= 0.3 is 0 Å². The first-order valence-electron chi connectivity index (χ1n) is 9.72. The van der Waals surface area contributed by atoms with Crippen molar-refractivity contribution in [2.75, 3.05) is 37.6 Å². The van der Waals surface area contributed by atoms with Crippen molar-refractivity contribution < 1.29 is 9.59 Å². The van der Waals surface area contributed by atoms with Crippen LogP contribution in [-0.2, 0) is 4.79 Å². The van der Waals surface area contributed by atoms with Gasteiger partial charge in [0, 0.05) is 25.8 Å². The van der Waals surface area contributed by atoms with Gasteiger partial charge in [0.2, 0.25) is 5.95 Å². The Morgan fingerprint density at radius 2 is 2.04 bits per heavy atom. The first kappa shape index (κ1) is 18.4. The van der Waals surface area contributed by atoms with Crippen LogP contribution in [0.2, 0.25) is 0 Å². The third-order valence-electron chi connectivity index (χ3n) is 5.35. The van der Waals surface area contributed by atoms with E-state index >= 15 is 0 Å². The molecule has 0 spiro atoms. The molecule has 3 saturated heterocycles. The molecule has 1 aromatic rings. The van der Waals surface area contributed by atoms with E-state index in [0.717, 1.165) is 31.3 Å². The summed E-state index contributed by atoms with van der Waals surface area (Å²) in [5.74, 6) is 1.00. The van der Waals surface area contributed by atoms with Gasteiger partial charge in [0.05, 0.1) is 10.6 Å². The van der Waals surface area contributed by atoms with E-state index in [-0.39, 0.29) is 11.1 Å². The zero-order valence-corrected chi connectivity index (χ0v) is 16.2. The van der Waals surface area contributed by atoms with Gasteiger partial charge in [-0.25, -0.2) is 9.97 Å². The van der Waals surface area contributed by atoms with Crippen LogP contribution in [-0.4, -0.2) is 58.7 Å². The second-order valence-corrected chi connectivity index (χ2v) is 8.46. The molecule has 2 amide bonds. The number of imide groups is 1. The van der Waals surface area contributed by atoms with E-state index in [1.807, 2.05) is 0 Å². The van der Waals surface area contributed by atoms with Crippen molar-refractivity contribution in [2.24, 2.45) is 5.92 Å². The molecule has 3 aliphatic heterocycles. The summed E-state index contributed by atoms with van der Waals surface area (Å²) >= 11 is 0.912. The highest BCUT2D eigenvalue weighted by Crippen LogP contribution is 2.26. The molecule has 0 bridgehead atoms. The Kier molecular flexibility index (Phi) is 5.73. The first-order valence-corrected chi connectivity index (χ1v) is 10.5. The normalized spacial score (nSPS) is 25.9. The van der Waals surface area contributed by atoms with Gasteiger partial charge in [0.25, 0.3) is 11.1 Å². The summed E-state index contributed by atoms with van der Waals surface area (Å²) in [5, 5.41) is 1.93. The average molecular weight is 388 g/mol. The SMILES string of the molecule is O=C1NC(=O)/C(=C\c2ccnc(N3CCCC(CN4CCCCC4)C3)n2)S1. The minimum Gasteiger partial charge on any atom is -0.340 e. The molecule has 0 aromatic carbocycles. The number of likely N-dealkylation sites (tertiary alicyclic amines) is 1. The summed E-state index contributed by atoms with van der Waals surface area (Å²) in [6.45, 7) is 5.57. The van der Waals surface area contributed by atoms with Crippen molar-refractivity contribution in [3.63, 3.8) is 0 Å². The number of hydrogen-bond acceptors (Lipinski definition) is 7. The van der Waals surface area contributed by atoms with Gasteiger partial charge in [-0.3, -0.25) is 14.9 Å². The molecule has 4 heterocycles. The van der Waals surface area contributed by atoms with Crippen LogP contribution in [0.5, 0.6) is 0 Å². The maximum atomic E-state index is 11.7. The van der Waals surface area contributed by atoms with E-state index in [4.69, 9.17) is 0 Å². The number of nitrogens with zero attached hydrogens (tertiary/aromatic N) is 4. The van der Waals surface area contributed by atoms with E-state index in [1.165, 1.54) is 45.3 Å². The first-order chi connectivity index (χ1) is 13.2. The Morgan fingerprint density at radius 3 is 2.81 bits per heavy atom. The zero-order chi connectivity index (χ0) is 18.6. The second kappa shape index (κ2) is 8.39. The number of hydrogen-bond donors (Lipinski definition) is 1. The third kappa shape index (κ3) is 4.68. The monoisotopic (exact) mass is 387 g/mol. The molecule has 0 radical (unpaired) electrons. The van der Waals surface area contributed by atoms with Gasteiger partial charge in [0.1, 0.15) is 0 Å². The largest absolute Gasteiger partial charge is 0.340 e. The summed E-state index contributed by atoms with van der Waals surface area (Å²) in [6, 6.07) is 1.77. The Hall–Kier alpha value is -1.93. The molecule has 7 nitrogen and oxygen atoms in total. The standard InChI is InChI=1S/C19H25N5O2S/c25-17-16(27-19(26)22-17)11-15-6-7-20-18(21-15)24-10-4-5-14(13-24)12-23-8-2-1-3-9-23/h6-7,11,14H,1-5,8-10,12-13H2,(H,22,25,26)/b16-11+.